The molecule has 2 aromatic rings. The van der Waals surface area contributed by atoms with Gasteiger partial charge >= 0.3 is 5.91 Å². The summed E-state index contributed by atoms with van der Waals surface area (Å²) in [6, 6.07) is 5.67. The maximum Gasteiger partial charge on any atom is 0.326 e. The fraction of sp³-hybridized carbons (Fsp3) is 0. The van der Waals surface area contributed by atoms with Crippen LogP contribution in [0.15, 0.2) is 29.4 Å². The van der Waals surface area contributed by atoms with Crippen LogP contribution in [-0.4, -0.2) is 10.8 Å². The molecule has 6 nitrogen and oxygen atoms in total. The number of amides is 1. The van der Waals surface area contributed by atoms with Crippen LogP contribution in [0.3, 0.4) is 0 Å². The number of nitrogens with zero attached hydrogens (tertiary/aromatic N) is 2. The number of hydrogen-bond donors (Lipinski definition) is 0. The van der Waals surface area contributed by atoms with Gasteiger partial charge in [-0.2, -0.15) is 0 Å². The van der Waals surface area contributed by atoms with Crippen LogP contribution in [0.25, 0.3) is 10.1 Å². The van der Waals surface area contributed by atoms with Gasteiger partial charge in [0.15, 0.2) is 0 Å². The van der Waals surface area contributed by atoms with Crippen molar-refractivity contribution in [3.8, 4) is 0 Å². The molecular weight excluding hydrogens is 232 g/mol. The molecule has 0 N–H and O–H groups in total. The monoisotopic (exact) mass is 236 g/mol. The lowest BCUT2D eigenvalue weighted by atomic mass is 10.2. The number of nitroso groups, excluding NO2 is 1. The van der Waals surface area contributed by atoms with Gasteiger partial charge in [0.2, 0.25) is 0 Å². The Morgan fingerprint density at radius 1 is 1.38 bits per heavy atom. The lowest BCUT2D eigenvalue weighted by molar-refractivity contribution is -0.384. The van der Waals surface area contributed by atoms with Crippen molar-refractivity contribution in [2.45, 2.75) is 0 Å². The van der Waals surface area contributed by atoms with Crippen LogP contribution in [-0.2, 0) is 0 Å². The van der Waals surface area contributed by atoms with Crippen molar-refractivity contribution >= 4 is 33.0 Å². The third-order valence-corrected chi connectivity index (χ3v) is 3.11. The first-order valence-electron chi connectivity index (χ1n) is 4.17. The van der Waals surface area contributed by atoms with Gasteiger partial charge < -0.3 is 0 Å². The Morgan fingerprint density at radius 2 is 2.12 bits per heavy atom. The highest BCUT2D eigenvalue weighted by molar-refractivity contribution is 7.20. The molecule has 0 aliphatic carbocycles. The van der Waals surface area contributed by atoms with E-state index in [1.807, 2.05) is 0 Å². The van der Waals surface area contributed by atoms with Crippen LogP contribution in [0, 0.1) is 15.0 Å². The topological polar surface area (TPSA) is 89.6 Å². The van der Waals surface area contributed by atoms with E-state index in [0.29, 0.717) is 10.1 Å². The second-order valence-electron chi connectivity index (χ2n) is 2.99. The highest BCUT2D eigenvalue weighted by Crippen LogP contribution is 2.29. The number of hydrogen-bond acceptors (Lipinski definition) is 5. The Balaban J connectivity index is 2.58. The SMILES string of the molecule is O=NC(=O)c1cc2cc([N+](=O)[O-])ccc2s1. The first-order chi connectivity index (χ1) is 7.61. The molecule has 1 heterocycles. The van der Waals surface area contributed by atoms with Gasteiger partial charge in [-0.1, -0.05) is 0 Å². The molecule has 0 unspecified atom stereocenters. The Kier molecular flexibility index (Phi) is 2.45. The molecule has 1 aromatic heterocycles. The first-order valence-corrected chi connectivity index (χ1v) is 4.99. The Bertz CT molecular complexity index is 605. The summed E-state index contributed by atoms with van der Waals surface area (Å²) in [5, 5.41) is 13.4. The fourth-order valence-electron chi connectivity index (χ4n) is 1.29. The zero-order chi connectivity index (χ0) is 11.7. The largest absolute Gasteiger partial charge is 0.326 e. The second-order valence-corrected chi connectivity index (χ2v) is 4.07. The van der Waals surface area contributed by atoms with Crippen molar-refractivity contribution in [3.05, 3.63) is 44.2 Å². The molecule has 0 fully saturated rings. The van der Waals surface area contributed by atoms with Gasteiger partial charge in [-0.3, -0.25) is 14.9 Å². The molecule has 0 saturated heterocycles. The van der Waals surface area contributed by atoms with Gasteiger partial charge in [-0.25, -0.2) is 0 Å². The number of nitro groups is 1. The Labute approximate surface area is 92.6 Å². The van der Waals surface area contributed by atoms with Crippen LogP contribution >= 0.6 is 11.3 Å². The standard InChI is InChI=1S/C9H4N2O4S/c12-9(10-13)8-4-5-3-6(11(14)15)1-2-7(5)16-8/h1-4H. The van der Waals surface area contributed by atoms with Gasteiger partial charge in [-0.15, -0.1) is 16.2 Å². The van der Waals surface area contributed by atoms with E-state index < -0.39 is 10.8 Å². The molecule has 0 radical (unpaired) electrons. The number of rotatable bonds is 2. The van der Waals surface area contributed by atoms with E-state index in [9.17, 15) is 19.8 Å². The Hall–Kier alpha value is -2.15. The summed E-state index contributed by atoms with van der Waals surface area (Å²) < 4.78 is 0.706. The average molecular weight is 236 g/mol. The van der Waals surface area contributed by atoms with Crippen molar-refractivity contribution < 1.29 is 9.72 Å². The molecule has 7 heteroatoms. The minimum atomic E-state index is -0.858. The van der Waals surface area contributed by atoms with Crippen molar-refractivity contribution in [3.63, 3.8) is 0 Å². The van der Waals surface area contributed by atoms with Gasteiger partial charge in [0.05, 0.1) is 9.80 Å². The van der Waals surface area contributed by atoms with Crippen molar-refractivity contribution in [2.24, 2.45) is 5.18 Å². The lowest BCUT2D eigenvalue weighted by Crippen LogP contribution is -1.86. The molecule has 2 rings (SSSR count). The van der Waals surface area contributed by atoms with E-state index in [0.717, 1.165) is 11.3 Å². The molecule has 0 spiro atoms. The summed E-state index contributed by atoms with van der Waals surface area (Å²) in [6.45, 7) is 0. The molecule has 80 valence electrons. The van der Waals surface area contributed by atoms with Gasteiger partial charge in [0, 0.05) is 27.4 Å². The van der Waals surface area contributed by atoms with E-state index in [4.69, 9.17) is 0 Å². The normalized spacial score (nSPS) is 10.2. The van der Waals surface area contributed by atoms with E-state index in [1.54, 1.807) is 6.07 Å². The summed E-state index contributed by atoms with van der Waals surface area (Å²) in [6.07, 6.45) is 0. The van der Waals surface area contributed by atoms with E-state index in [1.165, 1.54) is 18.2 Å². The van der Waals surface area contributed by atoms with Crippen molar-refractivity contribution in [1.29, 1.82) is 0 Å². The van der Waals surface area contributed by atoms with Crippen LogP contribution in [0.4, 0.5) is 5.69 Å². The van der Waals surface area contributed by atoms with Crippen LogP contribution in [0.5, 0.6) is 0 Å². The number of non-ortho nitro benzene ring substituents is 1. The van der Waals surface area contributed by atoms with Gasteiger partial charge in [0.25, 0.3) is 5.69 Å². The van der Waals surface area contributed by atoms with Crippen LogP contribution in [0.1, 0.15) is 9.67 Å². The Morgan fingerprint density at radius 3 is 2.75 bits per heavy atom. The average Bonchev–Trinajstić information content (AvgIpc) is 2.70. The first kappa shape index (κ1) is 10.4. The zero-order valence-electron chi connectivity index (χ0n) is 7.75. The predicted molar refractivity (Wildman–Crippen MR) is 58.6 cm³/mol. The molecule has 0 bridgehead atoms. The number of carbonyl (C=O) groups excluding carboxylic acids is 1. The molecule has 0 aliphatic rings. The summed E-state index contributed by atoms with van der Waals surface area (Å²) >= 11 is 1.08. The minimum Gasteiger partial charge on any atom is -0.262 e. The smallest absolute Gasteiger partial charge is 0.262 e. The third kappa shape index (κ3) is 1.68. The van der Waals surface area contributed by atoms with E-state index in [2.05, 4.69) is 5.18 Å². The number of benzene rings is 1. The molecular formula is C9H4N2O4S. The number of thiophene rings is 1. The molecule has 1 amide bonds. The van der Waals surface area contributed by atoms with E-state index in [-0.39, 0.29) is 10.6 Å². The number of carbonyl (C=O) groups is 1. The molecule has 0 atom stereocenters. The van der Waals surface area contributed by atoms with Crippen LogP contribution in [0.2, 0.25) is 0 Å². The summed E-state index contributed by atoms with van der Waals surface area (Å²) in [4.78, 5) is 31.2. The highest BCUT2D eigenvalue weighted by atomic mass is 32.1. The van der Waals surface area contributed by atoms with Crippen molar-refractivity contribution in [1.82, 2.24) is 0 Å². The van der Waals surface area contributed by atoms with Crippen molar-refractivity contribution in [2.75, 3.05) is 0 Å². The second kappa shape index (κ2) is 3.78. The summed E-state index contributed by atoms with van der Waals surface area (Å²) in [7, 11) is 0. The van der Waals surface area contributed by atoms with E-state index >= 15 is 0 Å². The molecule has 0 saturated carbocycles. The third-order valence-electron chi connectivity index (χ3n) is 2.00. The quantitative estimate of drug-likeness (QED) is 0.455. The fourth-order valence-corrected chi connectivity index (χ4v) is 2.21. The number of nitro benzene ring substituents is 1. The van der Waals surface area contributed by atoms with Crippen LogP contribution < -0.4 is 0 Å². The summed E-state index contributed by atoms with van der Waals surface area (Å²) in [5.41, 5.74) is -0.0524. The predicted octanol–water partition coefficient (Wildman–Crippen LogP) is 2.72. The number of fused-ring (bicyclic) bond motifs is 1. The van der Waals surface area contributed by atoms with Gasteiger partial charge in [-0.05, 0) is 12.1 Å². The minimum absolute atomic E-state index is 0.0524. The van der Waals surface area contributed by atoms with Gasteiger partial charge in [0.1, 0.15) is 0 Å². The molecule has 0 aliphatic heterocycles. The maximum absolute atomic E-state index is 11.0. The zero-order valence-corrected chi connectivity index (χ0v) is 8.56. The maximum atomic E-state index is 11.0. The lowest BCUT2D eigenvalue weighted by Gasteiger charge is -1.89. The molecule has 1 aromatic carbocycles. The molecule has 16 heavy (non-hydrogen) atoms. The highest BCUT2D eigenvalue weighted by Gasteiger charge is 2.13. The summed E-state index contributed by atoms with van der Waals surface area (Å²) in [5.74, 6) is -0.858.